The number of benzene rings is 2. The summed E-state index contributed by atoms with van der Waals surface area (Å²) in [7, 11) is 4.91. The molecule has 31 heavy (non-hydrogen) atoms. The van der Waals surface area contributed by atoms with Crippen LogP contribution in [0.1, 0.15) is 22.3 Å². The van der Waals surface area contributed by atoms with Gasteiger partial charge in [0.05, 0.1) is 21.3 Å². The normalized spacial score (nSPS) is 10.6. The maximum absolute atomic E-state index is 5.93. The van der Waals surface area contributed by atoms with Crippen LogP contribution in [0.4, 0.5) is 0 Å². The van der Waals surface area contributed by atoms with Gasteiger partial charge in [-0.2, -0.15) is 0 Å². The van der Waals surface area contributed by atoms with Gasteiger partial charge in [-0.25, -0.2) is 4.98 Å². The quantitative estimate of drug-likeness (QED) is 0.468. The van der Waals surface area contributed by atoms with Crippen LogP contribution in [0.2, 0.25) is 5.15 Å². The molecule has 3 rings (SSSR count). The Balaban J connectivity index is 1.85. The molecule has 0 saturated carbocycles. The Hall–Kier alpha value is -2.96. The fraction of sp³-hybridized carbons (Fsp3) is 0.292. The lowest BCUT2D eigenvalue weighted by Crippen LogP contribution is -2.08. The van der Waals surface area contributed by atoms with E-state index in [0.717, 1.165) is 34.4 Å². The molecular formula is C24H27ClN2O4. The predicted octanol–water partition coefficient (Wildman–Crippen LogP) is 4.43. The number of aromatic nitrogens is 1. The highest BCUT2D eigenvalue weighted by atomic mass is 35.5. The van der Waals surface area contributed by atoms with Crippen LogP contribution in [0.5, 0.6) is 23.0 Å². The maximum atomic E-state index is 5.93. The van der Waals surface area contributed by atoms with Crippen molar-refractivity contribution < 1.29 is 18.9 Å². The van der Waals surface area contributed by atoms with Crippen molar-refractivity contribution in [3.63, 3.8) is 0 Å². The smallest absolute Gasteiger partial charge is 0.164 e. The van der Waals surface area contributed by atoms with E-state index in [1.165, 1.54) is 0 Å². The van der Waals surface area contributed by atoms with Gasteiger partial charge in [0.1, 0.15) is 11.8 Å². The largest absolute Gasteiger partial charge is 0.493 e. The number of ether oxygens (including phenoxy) is 4. The molecule has 0 aliphatic rings. The third-order valence-electron chi connectivity index (χ3n) is 4.95. The zero-order valence-corrected chi connectivity index (χ0v) is 18.7. The van der Waals surface area contributed by atoms with Crippen LogP contribution in [0.3, 0.4) is 0 Å². The molecule has 1 heterocycles. The van der Waals surface area contributed by atoms with Crippen LogP contribution in [0.15, 0.2) is 48.7 Å². The molecule has 0 fully saturated rings. The molecule has 1 aromatic heterocycles. The maximum Gasteiger partial charge on any atom is 0.164 e. The van der Waals surface area contributed by atoms with Crippen LogP contribution >= 0.6 is 11.6 Å². The lowest BCUT2D eigenvalue weighted by Gasteiger charge is -2.18. The molecule has 0 aliphatic carbocycles. The van der Waals surface area contributed by atoms with Gasteiger partial charge in [0.2, 0.25) is 0 Å². The summed E-state index contributed by atoms with van der Waals surface area (Å²) >= 11 is 5.84. The Morgan fingerprint density at radius 3 is 2.26 bits per heavy atom. The molecule has 164 valence electrons. The second-order valence-corrected chi connectivity index (χ2v) is 7.30. The summed E-state index contributed by atoms with van der Waals surface area (Å²) < 4.78 is 22.7. The zero-order valence-electron chi connectivity index (χ0n) is 18.0. The minimum absolute atomic E-state index is 0.365. The van der Waals surface area contributed by atoms with Gasteiger partial charge in [0.15, 0.2) is 23.0 Å². The predicted molar refractivity (Wildman–Crippen MR) is 122 cm³/mol. The number of nitrogens with two attached hydrogens (primary N) is 1. The first-order valence-electron chi connectivity index (χ1n) is 9.92. The van der Waals surface area contributed by atoms with Crippen molar-refractivity contribution in [3.05, 3.63) is 76.1 Å². The zero-order chi connectivity index (χ0) is 22.2. The molecule has 0 saturated heterocycles. The van der Waals surface area contributed by atoms with Crippen molar-refractivity contribution in [2.45, 2.75) is 19.4 Å². The van der Waals surface area contributed by atoms with Crippen molar-refractivity contribution in [2.75, 3.05) is 27.9 Å². The van der Waals surface area contributed by atoms with Gasteiger partial charge in [0.25, 0.3) is 0 Å². The summed E-state index contributed by atoms with van der Waals surface area (Å²) in [6, 6.07) is 13.5. The van der Waals surface area contributed by atoms with Crippen LogP contribution in [0.25, 0.3) is 0 Å². The van der Waals surface area contributed by atoms with E-state index in [-0.39, 0.29) is 0 Å². The van der Waals surface area contributed by atoms with Gasteiger partial charge in [0, 0.05) is 23.7 Å². The Morgan fingerprint density at radius 2 is 1.61 bits per heavy atom. The van der Waals surface area contributed by atoms with Gasteiger partial charge in [-0.1, -0.05) is 29.8 Å². The second-order valence-electron chi connectivity index (χ2n) is 6.92. The van der Waals surface area contributed by atoms with Crippen LogP contribution in [-0.4, -0.2) is 32.9 Å². The average molecular weight is 443 g/mol. The number of methoxy groups -OCH3 is 3. The highest BCUT2D eigenvalue weighted by Crippen LogP contribution is 2.37. The minimum atomic E-state index is 0.365. The number of pyridine rings is 1. The molecule has 0 amide bonds. The van der Waals surface area contributed by atoms with E-state index in [0.29, 0.717) is 42.0 Å². The SMILES string of the molecule is COc1cc(Cc2c(CCN)ccc(OC)c2OC)ccc1OCc1ccc(Cl)nc1. The van der Waals surface area contributed by atoms with E-state index in [4.69, 9.17) is 36.3 Å². The number of halogens is 1. The standard InChI is InChI=1S/C24H27ClN2O4/c1-28-21-8-6-18(10-11-26)19(24(21)30-3)12-16-4-7-20(22(13-16)29-2)31-15-17-5-9-23(25)27-14-17/h4-9,13-14H,10-12,15,26H2,1-3H3. The van der Waals surface area contributed by atoms with Crippen molar-refractivity contribution in [1.29, 1.82) is 0 Å². The first kappa shape index (κ1) is 22.7. The average Bonchev–Trinajstić information content (AvgIpc) is 2.80. The summed E-state index contributed by atoms with van der Waals surface area (Å²) in [5.41, 5.74) is 9.98. The fourth-order valence-corrected chi connectivity index (χ4v) is 3.53. The van der Waals surface area contributed by atoms with Crippen LogP contribution in [0, 0.1) is 0 Å². The molecule has 2 aromatic carbocycles. The van der Waals surface area contributed by atoms with E-state index in [9.17, 15) is 0 Å². The lowest BCUT2D eigenvalue weighted by molar-refractivity contribution is 0.284. The highest BCUT2D eigenvalue weighted by molar-refractivity contribution is 6.29. The third-order valence-corrected chi connectivity index (χ3v) is 5.17. The van der Waals surface area contributed by atoms with Gasteiger partial charge in [-0.05, 0) is 48.4 Å². The van der Waals surface area contributed by atoms with Gasteiger partial charge in [-0.15, -0.1) is 0 Å². The first-order valence-corrected chi connectivity index (χ1v) is 10.3. The Bertz CT molecular complexity index is 1010. The fourth-order valence-electron chi connectivity index (χ4n) is 3.41. The summed E-state index contributed by atoms with van der Waals surface area (Å²) in [5.74, 6) is 2.73. The van der Waals surface area contributed by atoms with E-state index < -0.39 is 0 Å². The molecule has 0 radical (unpaired) electrons. The molecule has 0 atom stereocenters. The minimum Gasteiger partial charge on any atom is -0.493 e. The Labute approximate surface area is 187 Å². The summed E-state index contributed by atoms with van der Waals surface area (Å²) in [5, 5.41) is 0.452. The van der Waals surface area contributed by atoms with Gasteiger partial charge in [-0.3, -0.25) is 0 Å². The van der Waals surface area contributed by atoms with Crippen molar-refractivity contribution >= 4 is 11.6 Å². The molecule has 0 bridgehead atoms. The van der Waals surface area contributed by atoms with Gasteiger partial charge >= 0.3 is 0 Å². The van der Waals surface area contributed by atoms with Crippen molar-refractivity contribution in [3.8, 4) is 23.0 Å². The van der Waals surface area contributed by atoms with Crippen LogP contribution in [-0.2, 0) is 19.4 Å². The molecule has 2 N–H and O–H groups in total. The number of rotatable bonds is 10. The number of hydrogen-bond acceptors (Lipinski definition) is 6. The van der Waals surface area contributed by atoms with Gasteiger partial charge < -0.3 is 24.7 Å². The van der Waals surface area contributed by atoms with Crippen LogP contribution < -0.4 is 24.7 Å². The molecular weight excluding hydrogens is 416 g/mol. The third kappa shape index (κ3) is 5.60. The Morgan fingerprint density at radius 1 is 0.871 bits per heavy atom. The molecule has 0 spiro atoms. The first-order chi connectivity index (χ1) is 15.1. The molecule has 6 nitrogen and oxygen atoms in total. The topological polar surface area (TPSA) is 75.8 Å². The second kappa shape index (κ2) is 10.9. The Kier molecular flexibility index (Phi) is 7.98. The molecule has 0 unspecified atom stereocenters. The molecule has 0 aliphatic heterocycles. The van der Waals surface area contributed by atoms with Crippen molar-refractivity contribution in [2.24, 2.45) is 5.73 Å². The molecule has 3 aromatic rings. The molecule has 7 heteroatoms. The van der Waals surface area contributed by atoms with Crippen molar-refractivity contribution in [1.82, 2.24) is 4.98 Å². The lowest BCUT2D eigenvalue weighted by atomic mass is 9.96. The van der Waals surface area contributed by atoms with E-state index in [1.54, 1.807) is 33.6 Å². The number of hydrogen-bond donors (Lipinski definition) is 1. The van der Waals surface area contributed by atoms with E-state index in [2.05, 4.69) is 4.98 Å². The van der Waals surface area contributed by atoms with E-state index >= 15 is 0 Å². The summed E-state index contributed by atoms with van der Waals surface area (Å²) in [6.45, 7) is 0.919. The van der Waals surface area contributed by atoms with E-state index in [1.807, 2.05) is 36.4 Å². The summed E-state index contributed by atoms with van der Waals surface area (Å²) in [6.07, 6.45) is 3.09. The summed E-state index contributed by atoms with van der Waals surface area (Å²) in [4.78, 5) is 4.07. The monoisotopic (exact) mass is 442 g/mol. The number of nitrogens with zero attached hydrogens (tertiary/aromatic N) is 1. The highest BCUT2D eigenvalue weighted by Gasteiger charge is 2.16.